The highest BCUT2D eigenvalue weighted by Gasteiger charge is 2.31. The van der Waals surface area contributed by atoms with E-state index in [1.54, 1.807) is 42.6 Å². The molecule has 0 saturated carbocycles. The molecule has 10 N–H and O–H groups in total. The first-order valence-electron chi connectivity index (χ1n) is 12.5. The number of primary amides is 1. The first kappa shape index (κ1) is 29.8. The number of carbonyl (C=O) groups excluding carboxylic acids is 4. The lowest BCUT2D eigenvalue weighted by atomic mass is 10.0. The SMILES string of the molecule is NC(=O)CC(N)C(=O)NC(Cc1c[nH]c2ccccc12)C(=O)NC(CO)C(=O)NC(Cc1ccccc1)C(=O)O. The van der Waals surface area contributed by atoms with E-state index in [-0.39, 0.29) is 12.8 Å². The van der Waals surface area contributed by atoms with Crippen LogP contribution in [0.3, 0.4) is 0 Å². The smallest absolute Gasteiger partial charge is 0.326 e. The number of aliphatic carboxylic acids is 1. The van der Waals surface area contributed by atoms with Crippen LogP contribution < -0.4 is 27.4 Å². The summed E-state index contributed by atoms with van der Waals surface area (Å²) in [6.07, 6.45) is 1.16. The van der Waals surface area contributed by atoms with Gasteiger partial charge in [-0.2, -0.15) is 0 Å². The number of aromatic nitrogens is 1. The number of fused-ring (bicyclic) bond motifs is 1. The van der Waals surface area contributed by atoms with Gasteiger partial charge in [0.05, 0.1) is 19.1 Å². The molecule has 4 amide bonds. The van der Waals surface area contributed by atoms with Crippen LogP contribution in [0.25, 0.3) is 10.9 Å². The highest BCUT2D eigenvalue weighted by Crippen LogP contribution is 2.19. The number of aliphatic hydroxyl groups is 1. The molecule has 1 heterocycles. The quantitative estimate of drug-likeness (QED) is 0.119. The van der Waals surface area contributed by atoms with Crippen LogP contribution in [0.4, 0.5) is 0 Å². The van der Waals surface area contributed by atoms with Gasteiger partial charge in [-0.1, -0.05) is 48.5 Å². The van der Waals surface area contributed by atoms with E-state index >= 15 is 0 Å². The Labute approximate surface area is 229 Å². The molecule has 3 rings (SSSR count). The number of amides is 4. The van der Waals surface area contributed by atoms with E-state index in [0.29, 0.717) is 11.1 Å². The van der Waals surface area contributed by atoms with Crippen molar-refractivity contribution in [2.45, 2.75) is 43.4 Å². The van der Waals surface area contributed by atoms with Gasteiger partial charge in [0.2, 0.25) is 23.6 Å². The van der Waals surface area contributed by atoms with Crippen LogP contribution in [0.15, 0.2) is 60.8 Å². The molecule has 40 heavy (non-hydrogen) atoms. The van der Waals surface area contributed by atoms with Crippen LogP contribution in [0.5, 0.6) is 0 Å². The molecule has 13 nitrogen and oxygen atoms in total. The van der Waals surface area contributed by atoms with Gasteiger partial charge in [0, 0.05) is 29.9 Å². The topological polar surface area (TPSA) is 230 Å². The van der Waals surface area contributed by atoms with Crippen molar-refractivity contribution in [3.05, 3.63) is 71.9 Å². The van der Waals surface area contributed by atoms with Crippen molar-refractivity contribution in [2.24, 2.45) is 11.5 Å². The molecule has 3 aromatic rings. The molecule has 4 unspecified atom stereocenters. The fraction of sp³-hybridized carbons (Fsp3) is 0.296. The van der Waals surface area contributed by atoms with Gasteiger partial charge >= 0.3 is 5.97 Å². The van der Waals surface area contributed by atoms with Crippen LogP contribution >= 0.6 is 0 Å². The van der Waals surface area contributed by atoms with Crippen molar-refractivity contribution in [1.29, 1.82) is 0 Å². The first-order chi connectivity index (χ1) is 19.1. The molecule has 0 aliphatic rings. The molecule has 4 atom stereocenters. The summed E-state index contributed by atoms with van der Waals surface area (Å²) in [4.78, 5) is 64.9. The number of H-pyrrole nitrogens is 1. The first-order valence-corrected chi connectivity index (χ1v) is 12.5. The van der Waals surface area contributed by atoms with Gasteiger partial charge in [-0.15, -0.1) is 0 Å². The van der Waals surface area contributed by atoms with Crippen LogP contribution in [0.2, 0.25) is 0 Å². The van der Waals surface area contributed by atoms with Crippen molar-refractivity contribution in [3.63, 3.8) is 0 Å². The highest BCUT2D eigenvalue weighted by molar-refractivity contribution is 5.95. The maximum Gasteiger partial charge on any atom is 0.326 e. The predicted molar refractivity (Wildman–Crippen MR) is 144 cm³/mol. The molecule has 13 heteroatoms. The monoisotopic (exact) mass is 552 g/mol. The van der Waals surface area contributed by atoms with Crippen molar-refractivity contribution >= 4 is 40.5 Å². The molecule has 0 bridgehead atoms. The number of aliphatic hydroxyl groups excluding tert-OH is 1. The van der Waals surface area contributed by atoms with Crippen LogP contribution in [0.1, 0.15) is 17.5 Å². The molecule has 2 aromatic carbocycles. The summed E-state index contributed by atoms with van der Waals surface area (Å²) in [6, 6.07) is 10.5. The Bertz CT molecular complexity index is 1360. The summed E-state index contributed by atoms with van der Waals surface area (Å²) in [5, 5.41) is 27.4. The van der Waals surface area contributed by atoms with E-state index in [9.17, 15) is 34.2 Å². The standard InChI is InChI=1S/C27H32N6O7/c28-18(12-23(29)35)24(36)31-20(11-16-13-30-19-9-5-4-8-17(16)19)25(37)33-22(14-34)26(38)32-21(27(39)40)10-15-6-2-1-3-7-15/h1-9,13,18,20-22,30,34H,10-12,14,28H2,(H2,29,35)(H,31,36)(H,32,38)(H,33,37)(H,39,40). The van der Waals surface area contributed by atoms with Gasteiger partial charge in [-0.05, 0) is 17.2 Å². The maximum atomic E-state index is 13.3. The fourth-order valence-corrected chi connectivity index (χ4v) is 4.11. The minimum atomic E-state index is -1.52. The van der Waals surface area contributed by atoms with Gasteiger partial charge in [0.25, 0.3) is 0 Å². The predicted octanol–water partition coefficient (Wildman–Crippen LogP) is -1.31. The van der Waals surface area contributed by atoms with E-state index < -0.39 is 66.8 Å². The van der Waals surface area contributed by atoms with Gasteiger partial charge in [0.15, 0.2) is 0 Å². The molecular weight excluding hydrogens is 520 g/mol. The van der Waals surface area contributed by atoms with Crippen LogP contribution in [-0.2, 0) is 36.8 Å². The number of aromatic amines is 1. The van der Waals surface area contributed by atoms with E-state index in [1.165, 1.54) is 0 Å². The van der Waals surface area contributed by atoms with Crippen LogP contribution in [-0.4, -0.2) is 75.6 Å². The molecular formula is C27H32N6O7. The number of carboxylic acid groups (broad SMARTS) is 1. The van der Waals surface area contributed by atoms with Gasteiger partial charge < -0.3 is 42.6 Å². The zero-order valence-electron chi connectivity index (χ0n) is 21.5. The minimum absolute atomic E-state index is 0.0228. The van der Waals surface area contributed by atoms with E-state index in [0.717, 1.165) is 10.9 Å². The number of hydrogen-bond acceptors (Lipinski definition) is 7. The maximum absolute atomic E-state index is 13.3. The Morgan fingerprint density at radius 1 is 0.800 bits per heavy atom. The highest BCUT2D eigenvalue weighted by atomic mass is 16.4. The zero-order valence-corrected chi connectivity index (χ0v) is 21.5. The molecule has 0 saturated heterocycles. The number of benzene rings is 2. The molecule has 0 aliphatic carbocycles. The van der Waals surface area contributed by atoms with Gasteiger partial charge in [-0.25, -0.2) is 4.79 Å². The largest absolute Gasteiger partial charge is 0.480 e. The summed E-state index contributed by atoms with van der Waals surface area (Å²) in [6.45, 7) is -0.843. The third-order valence-corrected chi connectivity index (χ3v) is 6.20. The Morgan fingerprint density at radius 2 is 1.40 bits per heavy atom. The van der Waals surface area contributed by atoms with E-state index in [1.807, 2.05) is 18.2 Å². The Morgan fingerprint density at radius 3 is 2.05 bits per heavy atom. The number of hydrogen-bond donors (Lipinski definition) is 8. The second-order valence-corrected chi connectivity index (χ2v) is 9.23. The second kappa shape index (κ2) is 13.9. The zero-order chi connectivity index (χ0) is 29.2. The summed E-state index contributed by atoms with van der Waals surface area (Å²) in [7, 11) is 0. The molecule has 1 aromatic heterocycles. The third-order valence-electron chi connectivity index (χ3n) is 6.20. The molecule has 212 valence electrons. The lowest BCUT2D eigenvalue weighted by molar-refractivity contribution is -0.142. The average Bonchev–Trinajstić information content (AvgIpc) is 3.33. The number of carbonyl (C=O) groups is 5. The lowest BCUT2D eigenvalue weighted by Gasteiger charge is -2.24. The van der Waals surface area contributed by atoms with Crippen molar-refractivity contribution < 1.29 is 34.2 Å². The second-order valence-electron chi connectivity index (χ2n) is 9.23. The number of nitrogens with one attached hydrogen (secondary N) is 4. The molecule has 0 spiro atoms. The van der Waals surface area contributed by atoms with Crippen molar-refractivity contribution in [1.82, 2.24) is 20.9 Å². The van der Waals surface area contributed by atoms with Crippen molar-refractivity contribution in [2.75, 3.05) is 6.61 Å². The number of para-hydroxylation sites is 1. The van der Waals surface area contributed by atoms with Gasteiger partial charge in [-0.3, -0.25) is 19.2 Å². The normalized spacial score (nSPS) is 13.9. The summed E-state index contributed by atoms with van der Waals surface area (Å²) in [5.74, 6) is -4.69. The summed E-state index contributed by atoms with van der Waals surface area (Å²) in [5.41, 5.74) is 13.0. The molecule has 0 radical (unpaired) electrons. The third kappa shape index (κ3) is 8.12. The lowest BCUT2D eigenvalue weighted by Crippen LogP contribution is -2.58. The molecule has 0 fully saturated rings. The number of nitrogens with two attached hydrogens (primary N) is 2. The average molecular weight is 553 g/mol. The van der Waals surface area contributed by atoms with Crippen molar-refractivity contribution in [3.8, 4) is 0 Å². The van der Waals surface area contributed by atoms with Crippen LogP contribution in [0, 0.1) is 0 Å². The summed E-state index contributed by atoms with van der Waals surface area (Å²) < 4.78 is 0. The summed E-state index contributed by atoms with van der Waals surface area (Å²) >= 11 is 0. The minimum Gasteiger partial charge on any atom is -0.480 e. The number of carboxylic acids is 1. The van der Waals surface area contributed by atoms with Gasteiger partial charge in [0.1, 0.15) is 18.1 Å². The fourth-order valence-electron chi connectivity index (χ4n) is 4.11. The Balaban J connectivity index is 1.76. The van der Waals surface area contributed by atoms with E-state index in [4.69, 9.17) is 11.5 Å². The Kier molecular flexibility index (Phi) is 10.3. The van der Waals surface area contributed by atoms with E-state index in [2.05, 4.69) is 20.9 Å². The Hall–Kier alpha value is -4.75. The molecule has 0 aliphatic heterocycles. The number of rotatable bonds is 14.